The minimum atomic E-state index is -0.606. The van der Waals surface area contributed by atoms with E-state index in [4.69, 9.17) is 15.2 Å². The molecule has 0 spiro atoms. The van der Waals surface area contributed by atoms with Crippen LogP contribution in [-0.4, -0.2) is 26.7 Å². The van der Waals surface area contributed by atoms with Gasteiger partial charge in [0, 0.05) is 24.4 Å². The van der Waals surface area contributed by atoms with E-state index in [9.17, 15) is 8.78 Å². The predicted molar refractivity (Wildman–Crippen MR) is 105 cm³/mol. The highest BCUT2D eigenvalue weighted by Crippen LogP contribution is 2.29. The molecule has 0 atom stereocenters. The van der Waals surface area contributed by atoms with E-state index in [1.54, 1.807) is 25.3 Å². The number of guanidine groups is 1. The molecular formula is C17H20F2IN3O2. The molecule has 0 saturated heterocycles. The first-order valence-corrected chi connectivity index (χ1v) is 7.25. The van der Waals surface area contributed by atoms with E-state index in [-0.39, 0.29) is 29.9 Å². The number of hydrogen-bond donors (Lipinski definition) is 2. The molecular weight excluding hydrogens is 443 g/mol. The topological polar surface area (TPSA) is 68.9 Å². The minimum Gasteiger partial charge on any atom is -0.493 e. The molecule has 8 heteroatoms. The van der Waals surface area contributed by atoms with Crippen LogP contribution in [0, 0.1) is 11.6 Å². The molecule has 25 heavy (non-hydrogen) atoms. The van der Waals surface area contributed by atoms with Gasteiger partial charge in [0.05, 0.1) is 14.2 Å². The van der Waals surface area contributed by atoms with Crippen molar-refractivity contribution in [2.24, 2.45) is 10.7 Å². The van der Waals surface area contributed by atoms with Crippen molar-refractivity contribution in [3.63, 3.8) is 0 Å². The van der Waals surface area contributed by atoms with Gasteiger partial charge in [-0.25, -0.2) is 8.78 Å². The van der Waals surface area contributed by atoms with E-state index >= 15 is 0 Å². The summed E-state index contributed by atoms with van der Waals surface area (Å²) in [5, 5.41) is 2.92. The minimum absolute atomic E-state index is 0. The third kappa shape index (κ3) is 6.37. The number of ether oxygens (including phenoxy) is 2. The largest absolute Gasteiger partial charge is 0.493 e. The van der Waals surface area contributed by atoms with Crippen LogP contribution in [-0.2, 0) is 6.42 Å². The second-order valence-corrected chi connectivity index (χ2v) is 4.99. The molecule has 0 aliphatic carbocycles. The summed E-state index contributed by atoms with van der Waals surface area (Å²) in [6, 6.07) is 8.62. The Hall–Kier alpha value is -2.10. The van der Waals surface area contributed by atoms with E-state index in [1.165, 1.54) is 19.2 Å². The molecule has 0 saturated carbocycles. The molecule has 0 bridgehead atoms. The highest BCUT2D eigenvalue weighted by atomic mass is 127. The van der Waals surface area contributed by atoms with Crippen molar-refractivity contribution >= 4 is 35.6 Å². The van der Waals surface area contributed by atoms with Gasteiger partial charge >= 0.3 is 0 Å². The summed E-state index contributed by atoms with van der Waals surface area (Å²) in [7, 11) is 3.09. The monoisotopic (exact) mass is 463 g/mol. The number of benzene rings is 2. The van der Waals surface area contributed by atoms with Crippen LogP contribution in [0.2, 0.25) is 0 Å². The lowest BCUT2D eigenvalue weighted by molar-refractivity contribution is 0.355. The maximum absolute atomic E-state index is 13.1. The molecule has 136 valence electrons. The Balaban J connectivity index is 0.00000312. The number of hydrogen-bond acceptors (Lipinski definition) is 3. The van der Waals surface area contributed by atoms with Gasteiger partial charge in [0.25, 0.3) is 0 Å². The highest BCUT2D eigenvalue weighted by Gasteiger charge is 2.05. The third-order valence-corrected chi connectivity index (χ3v) is 3.26. The first-order chi connectivity index (χ1) is 11.5. The molecule has 0 radical (unpaired) electrons. The van der Waals surface area contributed by atoms with Gasteiger partial charge in [-0.1, -0.05) is 0 Å². The van der Waals surface area contributed by atoms with Crippen LogP contribution in [0.1, 0.15) is 5.56 Å². The van der Waals surface area contributed by atoms with Crippen LogP contribution >= 0.6 is 24.0 Å². The normalized spacial score (nSPS) is 10.8. The quantitative estimate of drug-likeness (QED) is 0.391. The van der Waals surface area contributed by atoms with Crippen molar-refractivity contribution in [1.29, 1.82) is 0 Å². The molecule has 0 heterocycles. The first kappa shape index (κ1) is 20.9. The van der Waals surface area contributed by atoms with Crippen LogP contribution in [0.3, 0.4) is 0 Å². The number of halogens is 3. The Bertz CT molecular complexity index is 722. The molecule has 0 unspecified atom stereocenters. The number of methoxy groups -OCH3 is 2. The second-order valence-electron chi connectivity index (χ2n) is 4.99. The fraction of sp³-hybridized carbons (Fsp3) is 0.235. The Morgan fingerprint density at radius 1 is 1.04 bits per heavy atom. The lowest BCUT2D eigenvalue weighted by Gasteiger charge is -2.11. The summed E-state index contributed by atoms with van der Waals surface area (Å²) < 4.78 is 36.6. The van der Waals surface area contributed by atoms with Crippen LogP contribution < -0.4 is 20.5 Å². The van der Waals surface area contributed by atoms with Crippen molar-refractivity contribution in [2.45, 2.75) is 6.42 Å². The van der Waals surface area contributed by atoms with Crippen LogP contribution in [0.25, 0.3) is 0 Å². The summed E-state index contributed by atoms with van der Waals surface area (Å²) in [4.78, 5) is 4.14. The van der Waals surface area contributed by atoms with Gasteiger partial charge < -0.3 is 20.5 Å². The zero-order valence-corrected chi connectivity index (χ0v) is 16.2. The predicted octanol–water partition coefficient (Wildman–Crippen LogP) is 3.57. The lowest BCUT2D eigenvalue weighted by Crippen LogP contribution is -2.23. The van der Waals surface area contributed by atoms with Crippen molar-refractivity contribution < 1.29 is 18.3 Å². The van der Waals surface area contributed by atoms with Crippen LogP contribution in [0.4, 0.5) is 14.5 Å². The Labute approximate surface area is 162 Å². The Morgan fingerprint density at radius 3 is 2.28 bits per heavy atom. The van der Waals surface area contributed by atoms with Crippen molar-refractivity contribution in [1.82, 2.24) is 0 Å². The molecule has 0 aliphatic heterocycles. The van der Waals surface area contributed by atoms with Gasteiger partial charge in [0.2, 0.25) is 0 Å². The van der Waals surface area contributed by atoms with Crippen molar-refractivity contribution in [2.75, 3.05) is 26.1 Å². The zero-order valence-electron chi connectivity index (χ0n) is 13.9. The Kier molecular flexibility index (Phi) is 8.39. The van der Waals surface area contributed by atoms with E-state index in [0.717, 1.165) is 6.07 Å². The number of anilines is 1. The number of nitrogens with two attached hydrogens (primary N) is 1. The highest BCUT2D eigenvalue weighted by molar-refractivity contribution is 14.0. The van der Waals surface area contributed by atoms with E-state index in [1.807, 2.05) is 0 Å². The second kappa shape index (κ2) is 10.0. The number of nitrogens with one attached hydrogen (secondary N) is 1. The average Bonchev–Trinajstić information content (AvgIpc) is 2.53. The Morgan fingerprint density at radius 2 is 1.68 bits per heavy atom. The van der Waals surface area contributed by atoms with Gasteiger partial charge in [-0.3, -0.25) is 4.99 Å². The van der Waals surface area contributed by atoms with Gasteiger partial charge in [-0.15, -0.1) is 24.0 Å². The van der Waals surface area contributed by atoms with Crippen molar-refractivity contribution in [3.8, 4) is 11.5 Å². The van der Waals surface area contributed by atoms with E-state index < -0.39 is 11.6 Å². The molecule has 2 rings (SSSR count). The maximum Gasteiger partial charge on any atom is 0.193 e. The fourth-order valence-electron chi connectivity index (χ4n) is 2.16. The molecule has 3 N–H and O–H groups in total. The molecule has 5 nitrogen and oxygen atoms in total. The van der Waals surface area contributed by atoms with Crippen LogP contribution in [0.5, 0.6) is 11.5 Å². The summed E-state index contributed by atoms with van der Waals surface area (Å²) in [5.41, 5.74) is 7.02. The lowest BCUT2D eigenvalue weighted by atomic mass is 10.1. The maximum atomic E-state index is 13.1. The summed E-state index contributed by atoms with van der Waals surface area (Å²) in [6.07, 6.45) is 0.378. The first-order valence-electron chi connectivity index (χ1n) is 7.25. The zero-order chi connectivity index (χ0) is 17.5. The average molecular weight is 463 g/mol. The molecule has 0 aliphatic rings. The van der Waals surface area contributed by atoms with Gasteiger partial charge in [-0.2, -0.15) is 0 Å². The fourth-order valence-corrected chi connectivity index (χ4v) is 2.16. The molecule has 0 fully saturated rings. The van der Waals surface area contributed by atoms with E-state index in [0.29, 0.717) is 35.7 Å². The number of nitrogens with zero attached hydrogens (tertiary/aromatic N) is 1. The molecule has 2 aromatic rings. The molecule has 2 aromatic carbocycles. The van der Waals surface area contributed by atoms with Gasteiger partial charge in [0.1, 0.15) is 11.6 Å². The SMILES string of the molecule is COc1ccc(NC(N)=NCCc2cc(F)cc(F)c2)cc1OC.I. The standard InChI is InChI=1S/C17H19F2N3O2.HI/c1-23-15-4-3-14(10-16(15)24-2)22-17(20)21-6-5-11-7-12(18)9-13(19)8-11;/h3-4,7-10H,5-6H2,1-2H3,(H3,20,21,22);1H. The van der Waals surface area contributed by atoms with Gasteiger partial charge in [-0.05, 0) is 36.2 Å². The number of rotatable bonds is 6. The third-order valence-electron chi connectivity index (χ3n) is 3.26. The van der Waals surface area contributed by atoms with Gasteiger partial charge in [0.15, 0.2) is 17.5 Å². The summed E-state index contributed by atoms with van der Waals surface area (Å²) >= 11 is 0. The molecule has 0 amide bonds. The van der Waals surface area contributed by atoms with Crippen LogP contribution in [0.15, 0.2) is 41.4 Å². The van der Waals surface area contributed by atoms with Crippen molar-refractivity contribution in [3.05, 3.63) is 53.6 Å². The number of aliphatic imine (C=N–C) groups is 1. The molecule has 0 aromatic heterocycles. The smallest absolute Gasteiger partial charge is 0.193 e. The summed E-state index contributed by atoms with van der Waals surface area (Å²) in [5.74, 6) is 0.145. The summed E-state index contributed by atoms with van der Waals surface area (Å²) in [6.45, 7) is 0.301. The van der Waals surface area contributed by atoms with E-state index in [2.05, 4.69) is 10.3 Å².